The molecule has 1 saturated heterocycles. The Labute approximate surface area is 212 Å². The predicted molar refractivity (Wildman–Crippen MR) is 135 cm³/mol. The van der Waals surface area contributed by atoms with E-state index in [0.717, 1.165) is 19.6 Å². The summed E-state index contributed by atoms with van der Waals surface area (Å²) in [7, 11) is 0. The van der Waals surface area contributed by atoms with Gasteiger partial charge in [-0.15, -0.1) is 12.4 Å². The van der Waals surface area contributed by atoms with Gasteiger partial charge < -0.3 is 15.0 Å². The number of halogens is 3. The molecule has 0 unspecified atom stereocenters. The van der Waals surface area contributed by atoms with Crippen molar-refractivity contribution in [2.45, 2.75) is 26.4 Å². The summed E-state index contributed by atoms with van der Waals surface area (Å²) in [6.45, 7) is 8.15. The van der Waals surface area contributed by atoms with Crippen molar-refractivity contribution in [3.8, 4) is 11.4 Å². The Morgan fingerprint density at radius 1 is 1.29 bits per heavy atom. The van der Waals surface area contributed by atoms with Crippen molar-refractivity contribution in [1.82, 2.24) is 34.9 Å². The molecule has 1 aliphatic heterocycles. The molecule has 1 aliphatic rings. The second-order valence-corrected chi connectivity index (χ2v) is 9.03. The van der Waals surface area contributed by atoms with Gasteiger partial charge in [0.15, 0.2) is 5.65 Å². The van der Waals surface area contributed by atoms with E-state index < -0.39 is 5.82 Å². The van der Waals surface area contributed by atoms with Crippen LogP contribution in [0.5, 0.6) is 0 Å². The van der Waals surface area contributed by atoms with Gasteiger partial charge in [-0.2, -0.15) is 5.10 Å². The normalized spacial score (nSPS) is 14.5. The number of fused-ring (bicyclic) bond motifs is 2. The third kappa shape index (κ3) is 5.11. The van der Waals surface area contributed by atoms with Crippen LogP contribution in [0.3, 0.4) is 0 Å². The lowest BCUT2D eigenvalue weighted by molar-refractivity contribution is 0.0361. The highest BCUT2D eigenvalue weighted by Gasteiger charge is 2.22. The topological polar surface area (TPSA) is 101 Å². The van der Waals surface area contributed by atoms with Crippen molar-refractivity contribution in [1.29, 1.82) is 0 Å². The minimum atomic E-state index is -0.483. The summed E-state index contributed by atoms with van der Waals surface area (Å²) in [6, 6.07) is 2.95. The number of carbonyl (C=O) groups is 1. The number of nitrogens with one attached hydrogen (secondary N) is 2. The van der Waals surface area contributed by atoms with Crippen molar-refractivity contribution in [3.05, 3.63) is 40.9 Å². The summed E-state index contributed by atoms with van der Waals surface area (Å²) in [5.74, 6) is -0.740. The maximum absolute atomic E-state index is 15.1. The number of benzene rings is 1. The number of nitrogens with zero attached hydrogens (tertiary/aromatic N) is 5. The first-order chi connectivity index (χ1) is 16.4. The molecule has 1 amide bonds. The summed E-state index contributed by atoms with van der Waals surface area (Å²) >= 11 is 6.18. The molecule has 0 atom stereocenters. The van der Waals surface area contributed by atoms with Gasteiger partial charge in [0, 0.05) is 36.9 Å². The van der Waals surface area contributed by atoms with Gasteiger partial charge in [-0.1, -0.05) is 11.6 Å². The van der Waals surface area contributed by atoms with Gasteiger partial charge in [0.2, 0.25) is 0 Å². The van der Waals surface area contributed by atoms with Crippen LogP contribution >= 0.6 is 24.0 Å². The van der Waals surface area contributed by atoms with Gasteiger partial charge in [0.05, 0.1) is 42.4 Å². The lowest BCUT2D eigenvalue weighted by Gasteiger charge is -2.26. The van der Waals surface area contributed by atoms with E-state index in [2.05, 4.69) is 25.2 Å². The molecule has 1 aromatic carbocycles. The summed E-state index contributed by atoms with van der Waals surface area (Å²) < 4.78 is 22.3. The molecule has 3 aromatic heterocycles. The van der Waals surface area contributed by atoms with Gasteiger partial charge in [-0.05, 0) is 26.0 Å². The van der Waals surface area contributed by atoms with Gasteiger partial charge in [-0.3, -0.25) is 14.4 Å². The predicted octanol–water partition coefficient (Wildman–Crippen LogP) is 3.66. The minimum Gasteiger partial charge on any atom is -0.379 e. The van der Waals surface area contributed by atoms with Crippen LogP contribution in [0.2, 0.25) is 5.02 Å². The number of hydrogen-bond acceptors (Lipinski definition) is 6. The maximum Gasteiger partial charge on any atom is 0.255 e. The van der Waals surface area contributed by atoms with Crippen molar-refractivity contribution < 1.29 is 13.9 Å². The number of morpholine rings is 1. The first kappa shape index (κ1) is 25.3. The third-order valence-corrected chi connectivity index (χ3v) is 6.01. The van der Waals surface area contributed by atoms with E-state index in [9.17, 15) is 4.79 Å². The van der Waals surface area contributed by atoms with Gasteiger partial charge >= 0.3 is 0 Å². The van der Waals surface area contributed by atoms with Crippen LogP contribution < -0.4 is 5.32 Å². The van der Waals surface area contributed by atoms with Crippen LogP contribution in [0, 0.1) is 5.82 Å². The molecule has 0 radical (unpaired) electrons. The van der Waals surface area contributed by atoms with Crippen LogP contribution in [0.15, 0.2) is 24.5 Å². The maximum atomic E-state index is 15.1. The SMILES string of the molecule is CC(C)NC(=O)c1c[nH]c2ncc(-c3nn(CCN4CCOCC4)c4cc(Cl)cc(F)c34)nc12.Cl. The number of amides is 1. The highest BCUT2D eigenvalue weighted by Crippen LogP contribution is 2.32. The first-order valence-electron chi connectivity index (χ1n) is 11.2. The number of H-pyrrole nitrogens is 1. The lowest BCUT2D eigenvalue weighted by atomic mass is 10.1. The number of rotatable bonds is 6. The Balaban J connectivity index is 0.00000289. The van der Waals surface area contributed by atoms with Crippen molar-refractivity contribution in [3.63, 3.8) is 0 Å². The number of carbonyl (C=O) groups excluding carboxylic acids is 1. The molecule has 186 valence electrons. The van der Waals surface area contributed by atoms with Crippen molar-refractivity contribution in [2.75, 3.05) is 32.8 Å². The second-order valence-electron chi connectivity index (χ2n) is 8.59. The van der Waals surface area contributed by atoms with E-state index in [1.807, 2.05) is 13.8 Å². The van der Waals surface area contributed by atoms with Crippen LogP contribution in [0.4, 0.5) is 4.39 Å². The molecule has 4 heterocycles. The molecule has 35 heavy (non-hydrogen) atoms. The van der Waals surface area contributed by atoms with Crippen LogP contribution in [0.1, 0.15) is 24.2 Å². The molecule has 0 spiro atoms. The van der Waals surface area contributed by atoms with Crippen molar-refractivity contribution >= 4 is 52.0 Å². The van der Waals surface area contributed by atoms with Gasteiger partial charge in [-0.25, -0.2) is 14.4 Å². The Morgan fingerprint density at radius 2 is 2.06 bits per heavy atom. The second kappa shape index (κ2) is 10.4. The largest absolute Gasteiger partial charge is 0.379 e. The third-order valence-electron chi connectivity index (χ3n) is 5.79. The number of aromatic nitrogens is 5. The van der Waals surface area contributed by atoms with Gasteiger partial charge in [0.25, 0.3) is 5.91 Å². The fraction of sp³-hybridized carbons (Fsp3) is 0.391. The first-order valence-corrected chi connectivity index (χ1v) is 11.6. The van der Waals surface area contributed by atoms with E-state index >= 15 is 4.39 Å². The Morgan fingerprint density at radius 3 is 2.80 bits per heavy atom. The molecule has 0 saturated carbocycles. The molecular formula is C23H26Cl2FN7O2. The summed E-state index contributed by atoms with van der Waals surface area (Å²) in [6.07, 6.45) is 3.11. The van der Waals surface area contributed by atoms with Crippen LogP contribution in [-0.4, -0.2) is 74.4 Å². The summed E-state index contributed by atoms with van der Waals surface area (Å²) in [5, 5.41) is 8.18. The molecular weight excluding hydrogens is 496 g/mol. The molecule has 2 N–H and O–H groups in total. The molecule has 5 rings (SSSR count). The average Bonchev–Trinajstić information content (AvgIpc) is 3.39. The Hall–Kier alpha value is -2.79. The zero-order valence-corrected chi connectivity index (χ0v) is 20.9. The van der Waals surface area contributed by atoms with Crippen LogP contribution in [0.25, 0.3) is 33.5 Å². The number of aromatic amines is 1. The smallest absolute Gasteiger partial charge is 0.255 e. The van der Waals surface area contributed by atoms with E-state index in [1.165, 1.54) is 12.3 Å². The molecule has 4 aromatic rings. The van der Waals surface area contributed by atoms with E-state index in [4.69, 9.17) is 21.4 Å². The monoisotopic (exact) mass is 521 g/mol. The zero-order valence-electron chi connectivity index (χ0n) is 19.3. The zero-order chi connectivity index (χ0) is 23.8. The summed E-state index contributed by atoms with van der Waals surface area (Å²) in [4.78, 5) is 26.9. The lowest BCUT2D eigenvalue weighted by Crippen LogP contribution is -2.38. The molecule has 9 nitrogen and oxygen atoms in total. The minimum absolute atomic E-state index is 0. The summed E-state index contributed by atoms with van der Waals surface area (Å²) in [5.41, 5.74) is 2.57. The molecule has 0 aliphatic carbocycles. The Bertz CT molecular complexity index is 1370. The quantitative estimate of drug-likeness (QED) is 0.401. The standard InChI is InChI=1S/C23H25ClFN7O2.ClH/c1-13(2)28-23(33)15-11-26-22-20(15)29-17(12-27-22)21-19-16(25)9-14(24)10-18(19)32(30-21)4-3-31-5-7-34-8-6-31;/h9-13H,3-8H2,1-2H3,(H,26,27)(H,28,33);1H. The average molecular weight is 522 g/mol. The number of ether oxygens (including phenoxy) is 1. The fourth-order valence-corrected chi connectivity index (χ4v) is 4.35. The van der Waals surface area contributed by atoms with Crippen LogP contribution in [-0.2, 0) is 11.3 Å². The Kier molecular flexibility index (Phi) is 7.56. The molecule has 1 fully saturated rings. The van der Waals surface area contributed by atoms with Crippen molar-refractivity contribution in [2.24, 2.45) is 0 Å². The highest BCUT2D eigenvalue weighted by molar-refractivity contribution is 6.31. The fourth-order valence-electron chi connectivity index (χ4n) is 4.15. The molecule has 0 bridgehead atoms. The van der Waals surface area contributed by atoms with E-state index in [1.54, 1.807) is 16.9 Å². The highest BCUT2D eigenvalue weighted by atomic mass is 35.5. The van der Waals surface area contributed by atoms with Gasteiger partial charge in [0.1, 0.15) is 22.7 Å². The number of hydrogen-bond donors (Lipinski definition) is 2. The molecule has 12 heteroatoms. The van der Waals surface area contributed by atoms with E-state index in [-0.39, 0.29) is 24.4 Å². The van der Waals surface area contributed by atoms with E-state index in [0.29, 0.717) is 63.8 Å².